The SMILES string of the molecule is O=C1CCC(N2Cc3cccc(CNC(=O)NCc4ccccc4)c3C2)C(=O)N1. The third-order valence-electron chi connectivity index (χ3n) is 5.49. The zero-order valence-electron chi connectivity index (χ0n) is 16.1. The van der Waals surface area contributed by atoms with Crippen LogP contribution in [0.25, 0.3) is 0 Å². The number of urea groups is 1. The van der Waals surface area contributed by atoms with Crippen LogP contribution in [0.5, 0.6) is 0 Å². The molecule has 0 bridgehead atoms. The lowest BCUT2D eigenvalue weighted by atomic mass is 10.0. The van der Waals surface area contributed by atoms with Crippen LogP contribution in [0, 0.1) is 0 Å². The van der Waals surface area contributed by atoms with Crippen molar-refractivity contribution in [2.75, 3.05) is 0 Å². The summed E-state index contributed by atoms with van der Waals surface area (Å²) in [6, 6.07) is 15.3. The fourth-order valence-corrected chi connectivity index (χ4v) is 3.95. The molecule has 3 N–H and O–H groups in total. The average molecular weight is 392 g/mol. The maximum absolute atomic E-state index is 12.2. The molecule has 2 aliphatic rings. The quantitative estimate of drug-likeness (QED) is 0.677. The van der Waals surface area contributed by atoms with Crippen LogP contribution in [0.4, 0.5) is 4.79 Å². The van der Waals surface area contributed by atoms with Crippen LogP contribution in [0.15, 0.2) is 48.5 Å². The number of hydrogen-bond donors (Lipinski definition) is 3. The van der Waals surface area contributed by atoms with Gasteiger partial charge in [0, 0.05) is 32.6 Å². The Morgan fingerprint density at radius 1 is 1.00 bits per heavy atom. The molecule has 2 aliphatic heterocycles. The molecule has 2 heterocycles. The highest BCUT2D eigenvalue weighted by Gasteiger charge is 2.35. The van der Waals surface area contributed by atoms with Crippen LogP contribution in [-0.4, -0.2) is 28.8 Å². The molecule has 0 aromatic heterocycles. The minimum Gasteiger partial charge on any atom is -0.334 e. The summed E-state index contributed by atoms with van der Waals surface area (Å²) in [5.41, 5.74) is 4.41. The number of rotatable bonds is 5. The second kappa shape index (κ2) is 8.45. The van der Waals surface area contributed by atoms with Crippen molar-refractivity contribution in [3.8, 4) is 0 Å². The molecule has 4 rings (SSSR count). The molecule has 1 saturated heterocycles. The van der Waals surface area contributed by atoms with Gasteiger partial charge in [-0.3, -0.25) is 19.8 Å². The van der Waals surface area contributed by atoms with E-state index >= 15 is 0 Å². The van der Waals surface area contributed by atoms with Gasteiger partial charge in [0.05, 0.1) is 6.04 Å². The average Bonchev–Trinajstić information content (AvgIpc) is 3.16. The van der Waals surface area contributed by atoms with E-state index in [0.717, 1.165) is 16.7 Å². The molecule has 1 atom stereocenters. The molecule has 7 nitrogen and oxygen atoms in total. The monoisotopic (exact) mass is 392 g/mol. The van der Waals surface area contributed by atoms with E-state index < -0.39 is 0 Å². The normalized spacial score (nSPS) is 18.8. The lowest BCUT2D eigenvalue weighted by molar-refractivity contribution is -0.137. The minimum absolute atomic E-state index is 0.200. The molecule has 0 aliphatic carbocycles. The number of amides is 4. The Hall–Kier alpha value is -3.19. The van der Waals surface area contributed by atoms with Crippen molar-refractivity contribution in [2.24, 2.45) is 0 Å². The van der Waals surface area contributed by atoms with Gasteiger partial charge in [-0.1, -0.05) is 48.5 Å². The summed E-state index contributed by atoms with van der Waals surface area (Å²) in [7, 11) is 0. The third-order valence-corrected chi connectivity index (χ3v) is 5.49. The van der Waals surface area contributed by atoms with E-state index in [9.17, 15) is 14.4 Å². The van der Waals surface area contributed by atoms with Gasteiger partial charge in [0.25, 0.3) is 0 Å². The Bertz CT molecular complexity index is 929. The molecule has 7 heteroatoms. The van der Waals surface area contributed by atoms with Crippen molar-refractivity contribution in [1.29, 1.82) is 0 Å². The molecule has 0 radical (unpaired) electrons. The predicted octanol–water partition coefficient (Wildman–Crippen LogP) is 1.81. The highest BCUT2D eigenvalue weighted by molar-refractivity contribution is 6.00. The topological polar surface area (TPSA) is 90.5 Å². The van der Waals surface area contributed by atoms with E-state index in [1.54, 1.807) is 0 Å². The molecular formula is C22H24N4O3. The van der Waals surface area contributed by atoms with E-state index in [4.69, 9.17) is 0 Å². The molecule has 0 spiro atoms. The number of nitrogens with one attached hydrogen (secondary N) is 3. The minimum atomic E-state index is -0.282. The van der Waals surface area contributed by atoms with Gasteiger partial charge in [0.15, 0.2) is 0 Å². The van der Waals surface area contributed by atoms with Crippen LogP contribution in [0.2, 0.25) is 0 Å². The van der Waals surface area contributed by atoms with Crippen LogP contribution in [0.3, 0.4) is 0 Å². The zero-order valence-corrected chi connectivity index (χ0v) is 16.1. The van der Waals surface area contributed by atoms with Crippen LogP contribution in [-0.2, 0) is 35.8 Å². The second-order valence-electron chi connectivity index (χ2n) is 7.45. The van der Waals surface area contributed by atoms with Gasteiger partial charge in [-0.25, -0.2) is 4.79 Å². The highest BCUT2D eigenvalue weighted by Crippen LogP contribution is 2.29. The standard InChI is InChI=1S/C22H24N4O3/c27-20-10-9-19(21(28)25-20)26-13-17-8-4-7-16(18(17)14-26)12-24-22(29)23-11-15-5-2-1-3-6-15/h1-8,19H,9-14H2,(H2,23,24,29)(H,25,27,28). The van der Waals surface area contributed by atoms with E-state index in [0.29, 0.717) is 39.0 Å². The van der Waals surface area contributed by atoms with Gasteiger partial charge in [-0.2, -0.15) is 0 Å². The Morgan fingerprint density at radius 2 is 1.79 bits per heavy atom. The van der Waals surface area contributed by atoms with E-state index in [2.05, 4.69) is 26.9 Å². The number of carbonyl (C=O) groups excluding carboxylic acids is 3. The Labute approximate surface area is 169 Å². The fourth-order valence-electron chi connectivity index (χ4n) is 3.95. The number of carbonyl (C=O) groups is 3. The molecule has 0 saturated carbocycles. The van der Waals surface area contributed by atoms with Crippen molar-refractivity contribution in [3.05, 3.63) is 70.8 Å². The number of benzene rings is 2. The Balaban J connectivity index is 1.34. The Morgan fingerprint density at radius 3 is 2.59 bits per heavy atom. The van der Waals surface area contributed by atoms with Gasteiger partial charge in [0.1, 0.15) is 0 Å². The first-order valence-electron chi connectivity index (χ1n) is 9.83. The van der Waals surface area contributed by atoms with Crippen molar-refractivity contribution < 1.29 is 14.4 Å². The van der Waals surface area contributed by atoms with Crippen LogP contribution in [0.1, 0.15) is 35.1 Å². The van der Waals surface area contributed by atoms with Gasteiger partial charge in [-0.15, -0.1) is 0 Å². The lowest BCUT2D eigenvalue weighted by Crippen LogP contribution is -2.50. The van der Waals surface area contributed by atoms with E-state index in [1.807, 2.05) is 42.5 Å². The summed E-state index contributed by atoms with van der Waals surface area (Å²) < 4.78 is 0. The smallest absolute Gasteiger partial charge is 0.315 e. The first-order chi connectivity index (χ1) is 14.1. The molecule has 4 amide bonds. The first kappa shape index (κ1) is 19.1. The third kappa shape index (κ3) is 4.46. The van der Waals surface area contributed by atoms with Crippen molar-refractivity contribution >= 4 is 17.8 Å². The summed E-state index contributed by atoms with van der Waals surface area (Å²) >= 11 is 0. The number of piperidine rings is 1. The number of fused-ring (bicyclic) bond motifs is 1. The largest absolute Gasteiger partial charge is 0.334 e. The van der Waals surface area contributed by atoms with Crippen molar-refractivity contribution in [1.82, 2.24) is 20.9 Å². The number of nitrogens with zero attached hydrogens (tertiary/aromatic N) is 1. The van der Waals surface area contributed by atoms with Gasteiger partial charge >= 0.3 is 6.03 Å². The first-order valence-corrected chi connectivity index (χ1v) is 9.83. The molecule has 2 aromatic carbocycles. The molecule has 1 unspecified atom stereocenters. The second-order valence-corrected chi connectivity index (χ2v) is 7.45. The fraction of sp³-hybridized carbons (Fsp3) is 0.318. The molecule has 1 fully saturated rings. The maximum Gasteiger partial charge on any atom is 0.315 e. The number of hydrogen-bond acceptors (Lipinski definition) is 4. The summed E-state index contributed by atoms with van der Waals surface area (Å²) in [5.74, 6) is -0.414. The lowest BCUT2D eigenvalue weighted by Gasteiger charge is -2.29. The zero-order chi connectivity index (χ0) is 20.2. The number of imide groups is 1. The molecule has 2 aromatic rings. The summed E-state index contributed by atoms with van der Waals surface area (Å²) in [6.45, 7) is 2.22. The van der Waals surface area contributed by atoms with Crippen LogP contribution < -0.4 is 16.0 Å². The maximum atomic E-state index is 12.2. The molecular weight excluding hydrogens is 368 g/mol. The Kier molecular flexibility index (Phi) is 5.57. The van der Waals surface area contributed by atoms with Crippen molar-refractivity contribution in [3.63, 3.8) is 0 Å². The van der Waals surface area contributed by atoms with Gasteiger partial charge in [-0.05, 0) is 28.7 Å². The van der Waals surface area contributed by atoms with E-state index in [-0.39, 0.29) is 23.9 Å². The van der Waals surface area contributed by atoms with Gasteiger partial charge in [0.2, 0.25) is 11.8 Å². The highest BCUT2D eigenvalue weighted by atomic mass is 16.2. The van der Waals surface area contributed by atoms with Crippen molar-refractivity contribution in [2.45, 2.75) is 45.1 Å². The van der Waals surface area contributed by atoms with E-state index in [1.165, 1.54) is 5.56 Å². The molecule has 29 heavy (non-hydrogen) atoms. The molecule has 150 valence electrons. The van der Waals surface area contributed by atoms with Gasteiger partial charge < -0.3 is 10.6 Å². The predicted molar refractivity (Wildman–Crippen MR) is 107 cm³/mol. The summed E-state index contributed by atoms with van der Waals surface area (Å²) in [6.07, 6.45) is 0.924. The summed E-state index contributed by atoms with van der Waals surface area (Å²) in [5, 5.41) is 8.21. The summed E-state index contributed by atoms with van der Waals surface area (Å²) in [4.78, 5) is 37.9. The van der Waals surface area contributed by atoms with Crippen LogP contribution >= 0.6 is 0 Å².